The highest BCUT2D eigenvalue weighted by molar-refractivity contribution is 5.85. The quantitative estimate of drug-likeness (QED) is 0.423. The molecule has 1 N–H and O–H groups in total. The summed E-state index contributed by atoms with van der Waals surface area (Å²) in [6.45, 7) is 4.09. The van der Waals surface area contributed by atoms with E-state index in [-0.39, 0.29) is 17.7 Å². The van der Waals surface area contributed by atoms with E-state index in [4.69, 9.17) is 0 Å². The average Bonchev–Trinajstić information content (AvgIpc) is 3.76. The summed E-state index contributed by atoms with van der Waals surface area (Å²) in [5, 5.41) is 3.26. The molecule has 4 heteroatoms. The van der Waals surface area contributed by atoms with Crippen LogP contribution in [0.15, 0.2) is 84.9 Å². The van der Waals surface area contributed by atoms with E-state index < -0.39 is 5.41 Å². The predicted octanol–water partition coefficient (Wildman–Crippen LogP) is 5.56. The van der Waals surface area contributed by atoms with Crippen molar-refractivity contribution in [3.05, 3.63) is 107 Å². The zero-order chi connectivity index (χ0) is 25.7. The second-order valence-corrected chi connectivity index (χ2v) is 10.8. The molecule has 3 aromatic rings. The van der Waals surface area contributed by atoms with Crippen LogP contribution in [0.1, 0.15) is 54.4 Å². The minimum Gasteiger partial charge on any atom is -0.355 e. The third-order valence-electron chi connectivity index (χ3n) is 8.37. The SMILES string of the molecule is CCc1ccc(CCNC(=O)C2(Cc3ccccc3)CCN(C(=O)C3CC3c3ccccc3)CC2)cc1. The topological polar surface area (TPSA) is 49.4 Å². The van der Waals surface area contributed by atoms with Crippen molar-refractivity contribution in [2.24, 2.45) is 11.3 Å². The van der Waals surface area contributed by atoms with Crippen molar-refractivity contribution in [3.63, 3.8) is 0 Å². The van der Waals surface area contributed by atoms with Gasteiger partial charge in [-0.05, 0) is 66.7 Å². The van der Waals surface area contributed by atoms with E-state index in [1.165, 1.54) is 22.3 Å². The largest absolute Gasteiger partial charge is 0.355 e. The molecule has 4 nitrogen and oxygen atoms in total. The molecule has 1 saturated carbocycles. The molecule has 5 rings (SSSR count). The lowest BCUT2D eigenvalue weighted by molar-refractivity contribution is -0.141. The summed E-state index contributed by atoms with van der Waals surface area (Å²) in [7, 11) is 0. The highest BCUT2D eigenvalue weighted by atomic mass is 16.2. The van der Waals surface area contributed by atoms with E-state index in [1.807, 2.05) is 41.3 Å². The molecule has 0 bridgehead atoms. The minimum absolute atomic E-state index is 0.0944. The monoisotopic (exact) mass is 494 g/mol. The van der Waals surface area contributed by atoms with Gasteiger partial charge in [-0.25, -0.2) is 0 Å². The number of piperidine rings is 1. The molecule has 0 spiro atoms. The van der Waals surface area contributed by atoms with E-state index >= 15 is 0 Å². The first-order chi connectivity index (χ1) is 18.1. The Morgan fingerprint density at radius 2 is 1.46 bits per heavy atom. The van der Waals surface area contributed by atoms with Crippen molar-refractivity contribution < 1.29 is 9.59 Å². The number of hydrogen-bond acceptors (Lipinski definition) is 2. The number of carbonyl (C=O) groups excluding carboxylic acids is 2. The van der Waals surface area contributed by atoms with Gasteiger partial charge in [0.15, 0.2) is 0 Å². The van der Waals surface area contributed by atoms with Crippen LogP contribution >= 0.6 is 0 Å². The number of carbonyl (C=O) groups is 2. The van der Waals surface area contributed by atoms with Crippen molar-refractivity contribution >= 4 is 11.8 Å². The highest BCUT2D eigenvalue weighted by Gasteiger charge is 2.48. The number of amides is 2. The molecule has 2 amide bonds. The minimum atomic E-state index is -0.480. The Bertz CT molecular complexity index is 1180. The molecular formula is C33H38N2O2. The molecular weight excluding hydrogens is 456 g/mol. The Morgan fingerprint density at radius 3 is 2.11 bits per heavy atom. The fourth-order valence-electron chi connectivity index (χ4n) is 5.85. The molecule has 2 unspecified atom stereocenters. The predicted molar refractivity (Wildman–Crippen MR) is 148 cm³/mol. The molecule has 2 aliphatic rings. The zero-order valence-corrected chi connectivity index (χ0v) is 21.9. The molecule has 3 aromatic carbocycles. The molecule has 37 heavy (non-hydrogen) atoms. The van der Waals surface area contributed by atoms with E-state index in [0.29, 0.717) is 44.8 Å². The number of benzene rings is 3. The molecule has 192 valence electrons. The normalized spacial score (nSPS) is 20.3. The van der Waals surface area contributed by atoms with Crippen LogP contribution in [0, 0.1) is 11.3 Å². The summed E-state index contributed by atoms with van der Waals surface area (Å²) in [6, 6.07) is 29.3. The average molecular weight is 495 g/mol. The van der Waals surface area contributed by atoms with Crippen LogP contribution in [-0.2, 0) is 28.9 Å². The number of aryl methyl sites for hydroxylation is 1. The molecule has 1 heterocycles. The zero-order valence-electron chi connectivity index (χ0n) is 21.9. The van der Waals surface area contributed by atoms with Gasteiger partial charge in [0, 0.05) is 25.6 Å². The maximum atomic E-state index is 13.7. The molecule has 1 aliphatic heterocycles. The van der Waals surface area contributed by atoms with Crippen LogP contribution in [0.3, 0.4) is 0 Å². The fourth-order valence-corrected chi connectivity index (χ4v) is 5.85. The van der Waals surface area contributed by atoms with Crippen molar-refractivity contribution in [1.82, 2.24) is 10.2 Å². The first-order valence-corrected chi connectivity index (χ1v) is 13.8. The summed E-state index contributed by atoms with van der Waals surface area (Å²) in [4.78, 5) is 29.0. The van der Waals surface area contributed by atoms with Gasteiger partial charge >= 0.3 is 0 Å². The van der Waals surface area contributed by atoms with E-state index in [0.717, 1.165) is 19.3 Å². The summed E-state index contributed by atoms with van der Waals surface area (Å²) in [5.74, 6) is 0.830. The van der Waals surface area contributed by atoms with Gasteiger partial charge in [0.2, 0.25) is 11.8 Å². The highest BCUT2D eigenvalue weighted by Crippen LogP contribution is 2.49. The maximum Gasteiger partial charge on any atom is 0.226 e. The van der Waals surface area contributed by atoms with Crippen LogP contribution in [-0.4, -0.2) is 36.3 Å². The Labute approximate surface area is 221 Å². The van der Waals surface area contributed by atoms with Gasteiger partial charge in [0.05, 0.1) is 5.41 Å². The van der Waals surface area contributed by atoms with Crippen molar-refractivity contribution in [2.45, 2.75) is 51.4 Å². The van der Waals surface area contributed by atoms with Crippen LogP contribution in [0.4, 0.5) is 0 Å². The van der Waals surface area contributed by atoms with Gasteiger partial charge in [0.25, 0.3) is 0 Å². The second kappa shape index (κ2) is 11.3. The third-order valence-corrected chi connectivity index (χ3v) is 8.37. The lowest BCUT2D eigenvalue weighted by Gasteiger charge is -2.41. The van der Waals surface area contributed by atoms with Crippen LogP contribution < -0.4 is 5.32 Å². The number of nitrogens with zero attached hydrogens (tertiary/aromatic N) is 1. The van der Waals surface area contributed by atoms with E-state index in [2.05, 4.69) is 60.8 Å². The van der Waals surface area contributed by atoms with Gasteiger partial charge in [-0.3, -0.25) is 9.59 Å². The van der Waals surface area contributed by atoms with Gasteiger partial charge in [-0.2, -0.15) is 0 Å². The summed E-state index contributed by atoms with van der Waals surface area (Å²) >= 11 is 0. The van der Waals surface area contributed by atoms with Gasteiger partial charge < -0.3 is 10.2 Å². The Kier molecular flexibility index (Phi) is 7.73. The Hall–Kier alpha value is -3.40. The summed E-state index contributed by atoms with van der Waals surface area (Å²) in [6.07, 6.45) is 4.91. The Balaban J connectivity index is 1.21. The van der Waals surface area contributed by atoms with Crippen molar-refractivity contribution in [3.8, 4) is 0 Å². The fraction of sp³-hybridized carbons (Fsp3) is 0.394. The molecule has 2 fully saturated rings. The first-order valence-electron chi connectivity index (χ1n) is 13.8. The lowest BCUT2D eigenvalue weighted by Crippen LogP contribution is -2.51. The molecule has 1 aliphatic carbocycles. The van der Waals surface area contributed by atoms with Crippen LogP contribution in [0.5, 0.6) is 0 Å². The number of nitrogens with one attached hydrogen (secondary N) is 1. The van der Waals surface area contributed by atoms with Crippen molar-refractivity contribution in [1.29, 1.82) is 0 Å². The van der Waals surface area contributed by atoms with Gasteiger partial charge in [-0.1, -0.05) is 91.9 Å². The number of hydrogen-bond donors (Lipinski definition) is 1. The summed E-state index contributed by atoms with van der Waals surface area (Å²) < 4.78 is 0. The number of rotatable bonds is 9. The van der Waals surface area contributed by atoms with Crippen molar-refractivity contribution in [2.75, 3.05) is 19.6 Å². The Morgan fingerprint density at radius 1 is 0.838 bits per heavy atom. The van der Waals surface area contributed by atoms with Gasteiger partial charge in [0.1, 0.15) is 0 Å². The standard InChI is InChI=1S/C33H38N2O2/c1-2-25-13-15-26(16-14-25)17-20-34-32(37)33(24-27-9-5-3-6-10-27)18-21-35(22-19-33)31(36)30-23-29(30)28-11-7-4-8-12-28/h3-16,29-30H,2,17-24H2,1H3,(H,34,37). The van der Waals surface area contributed by atoms with Crippen LogP contribution in [0.25, 0.3) is 0 Å². The molecule has 2 atom stereocenters. The van der Waals surface area contributed by atoms with E-state index in [1.54, 1.807) is 0 Å². The lowest BCUT2D eigenvalue weighted by atomic mass is 9.72. The molecule has 1 saturated heterocycles. The third kappa shape index (κ3) is 5.95. The second-order valence-electron chi connectivity index (χ2n) is 10.8. The first kappa shape index (κ1) is 25.3. The summed E-state index contributed by atoms with van der Waals surface area (Å²) in [5.41, 5.74) is 4.54. The maximum absolute atomic E-state index is 13.7. The van der Waals surface area contributed by atoms with E-state index in [9.17, 15) is 9.59 Å². The number of likely N-dealkylation sites (tertiary alicyclic amines) is 1. The van der Waals surface area contributed by atoms with Gasteiger partial charge in [-0.15, -0.1) is 0 Å². The molecule has 0 radical (unpaired) electrons. The smallest absolute Gasteiger partial charge is 0.226 e. The molecule has 0 aromatic heterocycles. The van der Waals surface area contributed by atoms with Crippen LogP contribution in [0.2, 0.25) is 0 Å².